The lowest BCUT2D eigenvalue weighted by molar-refractivity contribution is 0.0996. The maximum atomic E-state index is 12.0. The lowest BCUT2D eigenvalue weighted by atomic mass is 10.0. The van der Waals surface area contributed by atoms with Gasteiger partial charge in [-0.25, -0.2) is 13.4 Å². The molecule has 178 valence electrons. The number of nitrogens with one attached hydrogen (secondary N) is 2. The zero-order valence-corrected chi connectivity index (χ0v) is 20.0. The van der Waals surface area contributed by atoms with Gasteiger partial charge in [0.05, 0.1) is 17.6 Å². The summed E-state index contributed by atoms with van der Waals surface area (Å²) in [4.78, 5) is 20.9. The second-order valence-corrected chi connectivity index (χ2v) is 10.1. The fourth-order valence-corrected chi connectivity index (χ4v) is 4.48. The maximum absolute atomic E-state index is 12.0. The number of aromatic nitrogens is 1. The highest BCUT2D eigenvalue weighted by Gasteiger charge is 2.16. The van der Waals surface area contributed by atoms with Gasteiger partial charge in [-0.05, 0) is 43.4 Å². The average molecular weight is 481 g/mol. The van der Waals surface area contributed by atoms with Crippen molar-refractivity contribution in [3.63, 3.8) is 0 Å². The normalized spacial score (nSPS) is 14.6. The van der Waals surface area contributed by atoms with Gasteiger partial charge in [-0.1, -0.05) is 18.2 Å². The number of carbonyl (C=O) groups is 1. The number of benzene rings is 2. The van der Waals surface area contributed by atoms with Crippen molar-refractivity contribution in [2.24, 2.45) is 5.73 Å². The van der Waals surface area contributed by atoms with E-state index in [9.17, 15) is 13.2 Å². The maximum Gasteiger partial charge on any atom is 0.269 e. The summed E-state index contributed by atoms with van der Waals surface area (Å²) in [5.74, 6) is -0.661. The Hall–Kier alpha value is -3.63. The Kier molecular flexibility index (Phi) is 6.71. The van der Waals surface area contributed by atoms with Gasteiger partial charge in [-0.2, -0.15) is 0 Å². The van der Waals surface area contributed by atoms with E-state index in [0.29, 0.717) is 22.5 Å². The molecule has 2 heterocycles. The number of piperazine rings is 1. The molecule has 0 radical (unpaired) electrons. The van der Waals surface area contributed by atoms with E-state index in [1.54, 1.807) is 30.3 Å². The summed E-state index contributed by atoms with van der Waals surface area (Å²) in [7, 11) is -1.35. The Morgan fingerprint density at radius 3 is 2.32 bits per heavy atom. The first-order valence-corrected chi connectivity index (χ1v) is 12.8. The van der Waals surface area contributed by atoms with E-state index in [4.69, 9.17) is 5.73 Å². The number of rotatable bonds is 7. The van der Waals surface area contributed by atoms with E-state index >= 15 is 0 Å². The molecule has 1 fully saturated rings. The number of pyridine rings is 1. The number of carbonyl (C=O) groups excluding carboxylic acids is 1. The van der Waals surface area contributed by atoms with Crippen LogP contribution < -0.4 is 20.7 Å². The summed E-state index contributed by atoms with van der Waals surface area (Å²) >= 11 is 0. The Morgan fingerprint density at radius 2 is 1.68 bits per heavy atom. The molecule has 0 aliphatic carbocycles. The molecule has 2 aromatic carbocycles. The van der Waals surface area contributed by atoms with Crippen molar-refractivity contribution in [1.29, 1.82) is 0 Å². The lowest BCUT2D eigenvalue weighted by Gasteiger charge is -2.34. The minimum Gasteiger partial charge on any atom is -0.369 e. The molecule has 9 nitrogen and oxygen atoms in total. The lowest BCUT2D eigenvalue weighted by Crippen LogP contribution is -2.44. The minimum absolute atomic E-state index is 0.0976. The van der Waals surface area contributed by atoms with Crippen LogP contribution in [0.5, 0.6) is 0 Å². The Labute approximate surface area is 199 Å². The molecular weight excluding hydrogens is 452 g/mol. The molecule has 4 rings (SSSR count). The molecular formula is C24H28N6O3S. The molecule has 0 atom stereocenters. The van der Waals surface area contributed by atoms with Crippen LogP contribution in [0.1, 0.15) is 10.5 Å². The van der Waals surface area contributed by atoms with Crippen LogP contribution in [-0.4, -0.2) is 63.7 Å². The average Bonchev–Trinajstić information content (AvgIpc) is 2.79. The largest absolute Gasteiger partial charge is 0.369 e. The van der Waals surface area contributed by atoms with Gasteiger partial charge < -0.3 is 20.9 Å². The Balaban J connectivity index is 1.62. The first-order valence-electron chi connectivity index (χ1n) is 10.9. The standard InChI is InChI=1S/C24H28N6O3S/c1-29-11-13-30(14-12-29)19-9-7-18(8-10-19)27-22-15-17(16-26-23(22)24(25)31)20-5-3-4-6-21(20)28-34(2,32)33/h3-10,15-16,27-28H,11-14H2,1-2H3,(H2,25,31). The number of likely N-dealkylation sites (N-methyl/N-ethyl adjacent to an activating group) is 1. The van der Waals surface area contributed by atoms with Gasteiger partial charge in [-0.3, -0.25) is 9.52 Å². The van der Waals surface area contributed by atoms with Gasteiger partial charge in [0, 0.05) is 54.9 Å². The highest BCUT2D eigenvalue weighted by Crippen LogP contribution is 2.32. The van der Waals surface area contributed by atoms with Crippen LogP contribution >= 0.6 is 0 Å². The molecule has 1 saturated heterocycles. The first-order chi connectivity index (χ1) is 16.2. The molecule has 3 aromatic rings. The van der Waals surface area contributed by atoms with E-state index in [1.165, 1.54) is 6.20 Å². The zero-order valence-electron chi connectivity index (χ0n) is 19.2. The van der Waals surface area contributed by atoms with Crippen molar-refractivity contribution >= 4 is 38.7 Å². The highest BCUT2D eigenvalue weighted by atomic mass is 32.2. The van der Waals surface area contributed by atoms with E-state index in [2.05, 4.69) is 31.9 Å². The second kappa shape index (κ2) is 9.70. The van der Waals surface area contributed by atoms with Crippen molar-refractivity contribution in [3.05, 3.63) is 66.5 Å². The van der Waals surface area contributed by atoms with Crippen molar-refractivity contribution in [2.75, 3.05) is 54.4 Å². The summed E-state index contributed by atoms with van der Waals surface area (Å²) in [5, 5.41) is 3.24. The van der Waals surface area contributed by atoms with Gasteiger partial charge in [0.15, 0.2) is 5.69 Å². The molecule has 1 aromatic heterocycles. The number of amides is 1. The molecule has 0 spiro atoms. The van der Waals surface area contributed by atoms with Crippen molar-refractivity contribution in [3.8, 4) is 11.1 Å². The minimum atomic E-state index is -3.47. The third kappa shape index (κ3) is 5.64. The molecule has 34 heavy (non-hydrogen) atoms. The van der Waals surface area contributed by atoms with E-state index in [0.717, 1.165) is 43.8 Å². The van der Waals surface area contributed by atoms with Crippen LogP contribution in [0.25, 0.3) is 11.1 Å². The predicted molar refractivity (Wildman–Crippen MR) is 136 cm³/mol. The number of anilines is 4. The van der Waals surface area contributed by atoms with Gasteiger partial charge in [-0.15, -0.1) is 0 Å². The second-order valence-electron chi connectivity index (χ2n) is 8.37. The summed E-state index contributed by atoms with van der Waals surface area (Å²) in [6.45, 7) is 4.00. The summed E-state index contributed by atoms with van der Waals surface area (Å²) in [6.07, 6.45) is 2.60. The topological polar surface area (TPSA) is 121 Å². The fraction of sp³-hybridized carbons (Fsp3) is 0.250. The number of primary amides is 1. The van der Waals surface area contributed by atoms with Gasteiger partial charge >= 0.3 is 0 Å². The van der Waals surface area contributed by atoms with E-state index < -0.39 is 15.9 Å². The monoisotopic (exact) mass is 480 g/mol. The number of nitrogens with two attached hydrogens (primary N) is 1. The van der Waals surface area contributed by atoms with Gasteiger partial charge in [0.1, 0.15) is 0 Å². The Bertz CT molecular complexity index is 1290. The van der Waals surface area contributed by atoms with E-state index in [-0.39, 0.29) is 5.69 Å². The number of hydrogen-bond acceptors (Lipinski definition) is 7. The Morgan fingerprint density at radius 1 is 1.00 bits per heavy atom. The number of hydrogen-bond donors (Lipinski definition) is 3. The number of nitrogens with zero attached hydrogens (tertiary/aromatic N) is 3. The molecule has 1 aliphatic heterocycles. The van der Waals surface area contributed by atoms with Crippen LogP contribution in [0.2, 0.25) is 0 Å². The smallest absolute Gasteiger partial charge is 0.269 e. The summed E-state index contributed by atoms with van der Waals surface area (Å²) < 4.78 is 26.1. The molecule has 0 unspecified atom stereocenters. The molecule has 0 bridgehead atoms. The van der Waals surface area contributed by atoms with Crippen LogP contribution in [0.3, 0.4) is 0 Å². The highest BCUT2D eigenvalue weighted by molar-refractivity contribution is 7.92. The van der Waals surface area contributed by atoms with Crippen LogP contribution in [0.4, 0.5) is 22.7 Å². The van der Waals surface area contributed by atoms with E-state index in [1.807, 2.05) is 24.3 Å². The third-order valence-corrected chi connectivity index (χ3v) is 6.26. The summed E-state index contributed by atoms with van der Waals surface area (Å²) in [6, 6.07) is 16.7. The van der Waals surface area contributed by atoms with Gasteiger partial charge in [0.25, 0.3) is 5.91 Å². The molecule has 0 saturated carbocycles. The number of sulfonamides is 1. The molecule has 4 N–H and O–H groups in total. The quantitative estimate of drug-likeness (QED) is 0.475. The SMILES string of the molecule is CN1CCN(c2ccc(Nc3cc(-c4ccccc4NS(C)(=O)=O)cnc3C(N)=O)cc2)CC1. The number of para-hydroxylation sites is 1. The van der Waals surface area contributed by atoms with Crippen LogP contribution in [0.15, 0.2) is 60.8 Å². The molecule has 1 amide bonds. The summed E-state index contributed by atoms with van der Waals surface area (Å²) in [5.41, 5.74) is 9.69. The van der Waals surface area contributed by atoms with Crippen molar-refractivity contribution in [1.82, 2.24) is 9.88 Å². The van der Waals surface area contributed by atoms with Crippen LogP contribution in [0, 0.1) is 0 Å². The zero-order chi connectivity index (χ0) is 24.3. The van der Waals surface area contributed by atoms with Gasteiger partial charge in [0.2, 0.25) is 10.0 Å². The van der Waals surface area contributed by atoms with Crippen LogP contribution in [-0.2, 0) is 10.0 Å². The molecule has 1 aliphatic rings. The molecule has 10 heteroatoms. The predicted octanol–water partition coefficient (Wildman–Crippen LogP) is 2.71. The third-order valence-electron chi connectivity index (χ3n) is 5.67. The van der Waals surface area contributed by atoms with Crippen molar-refractivity contribution < 1.29 is 13.2 Å². The fourth-order valence-electron chi connectivity index (χ4n) is 3.90. The van der Waals surface area contributed by atoms with Crippen molar-refractivity contribution in [2.45, 2.75) is 0 Å². The first kappa shape index (κ1) is 23.5.